The predicted molar refractivity (Wildman–Crippen MR) is 89.0 cm³/mol. The van der Waals surface area contributed by atoms with Crippen molar-refractivity contribution in [2.45, 2.75) is 6.92 Å². The zero-order chi connectivity index (χ0) is 16.2. The third kappa shape index (κ3) is 2.97. The molecule has 114 valence electrons. The third-order valence-corrected chi connectivity index (χ3v) is 3.61. The molecule has 0 aliphatic carbocycles. The minimum absolute atomic E-state index is 0.269. The van der Waals surface area contributed by atoms with Gasteiger partial charge in [0.15, 0.2) is 5.69 Å². The average molecular weight is 304 g/mol. The maximum absolute atomic E-state index is 12.1. The van der Waals surface area contributed by atoms with Crippen LogP contribution in [0.5, 0.6) is 0 Å². The molecule has 1 heterocycles. The van der Waals surface area contributed by atoms with E-state index in [0.717, 1.165) is 16.7 Å². The Bertz CT molecular complexity index is 828. The summed E-state index contributed by atoms with van der Waals surface area (Å²) < 4.78 is 4.88. The number of aryl methyl sites for hydroxylation is 1. The second kappa shape index (κ2) is 6.40. The molecule has 3 rings (SSSR count). The highest BCUT2D eigenvalue weighted by Gasteiger charge is 2.20. The fourth-order valence-corrected chi connectivity index (χ4v) is 2.45. The molecule has 4 nitrogen and oxygen atoms in total. The lowest BCUT2D eigenvalue weighted by atomic mass is 9.97. The van der Waals surface area contributed by atoms with Gasteiger partial charge in [-0.25, -0.2) is 14.8 Å². The van der Waals surface area contributed by atoms with Crippen molar-refractivity contribution in [3.05, 3.63) is 72.2 Å². The van der Waals surface area contributed by atoms with Gasteiger partial charge in [-0.2, -0.15) is 0 Å². The molecular weight excluding hydrogens is 288 g/mol. The number of benzene rings is 2. The van der Waals surface area contributed by atoms with E-state index in [0.29, 0.717) is 11.3 Å². The minimum Gasteiger partial charge on any atom is -0.464 e. The summed E-state index contributed by atoms with van der Waals surface area (Å²) in [6.45, 7) is 2.02. The van der Waals surface area contributed by atoms with Gasteiger partial charge in [0.25, 0.3) is 0 Å². The molecule has 0 N–H and O–H groups in total. The van der Waals surface area contributed by atoms with Gasteiger partial charge in [-0.05, 0) is 12.5 Å². The van der Waals surface area contributed by atoms with E-state index < -0.39 is 5.97 Å². The summed E-state index contributed by atoms with van der Waals surface area (Å²) in [5, 5.41) is 0. The van der Waals surface area contributed by atoms with Crippen LogP contribution in [0, 0.1) is 6.92 Å². The van der Waals surface area contributed by atoms with Crippen LogP contribution in [0.3, 0.4) is 0 Å². The van der Waals surface area contributed by atoms with Crippen LogP contribution in [0.2, 0.25) is 0 Å². The van der Waals surface area contributed by atoms with Crippen molar-refractivity contribution in [2.75, 3.05) is 7.11 Å². The first-order chi connectivity index (χ1) is 11.2. The second-order valence-corrected chi connectivity index (χ2v) is 5.17. The molecule has 0 fully saturated rings. The van der Waals surface area contributed by atoms with Crippen LogP contribution in [0.25, 0.3) is 22.4 Å². The van der Waals surface area contributed by atoms with Crippen LogP contribution in [0.15, 0.2) is 60.9 Å². The zero-order valence-electron chi connectivity index (χ0n) is 13.0. The zero-order valence-corrected chi connectivity index (χ0v) is 13.0. The van der Waals surface area contributed by atoms with Crippen molar-refractivity contribution in [1.82, 2.24) is 9.97 Å². The maximum Gasteiger partial charge on any atom is 0.357 e. The number of carbonyl (C=O) groups excluding carboxylic acids is 1. The van der Waals surface area contributed by atoms with Crippen LogP contribution in [-0.4, -0.2) is 23.0 Å². The number of aromatic nitrogens is 2. The van der Waals surface area contributed by atoms with Crippen molar-refractivity contribution in [3.63, 3.8) is 0 Å². The number of rotatable bonds is 3. The maximum atomic E-state index is 12.1. The van der Waals surface area contributed by atoms with Gasteiger partial charge in [0, 0.05) is 11.1 Å². The molecule has 0 amide bonds. The normalized spacial score (nSPS) is 10.3. The van der Waals surface area contributed by atoms with Gasteiger partial charge in [-0.1, -0.05) is 60.2 Å². The van der Waals surface area contributed by atoms with Crippen molar-refractivity contribution in [3.8, 4) is 22.4 Å². The number of methoxy groups -OCH3 is 1. The molecule has 0 radical (unpaired) electrons. The topological polar surface area (TPSA) is 52.1 Å². The summed E-state index contributed by atoms with van der Waals surface area (Å²) in [6, 6.07) is 17.7. The summed E-state index contributed by atoms with van der Waals surface area (Å²) in [4.78, 5) is 20.7. The van der Waals surface area contributed by atoms with E-state index in [1.807, 2.05) is 61.5 Å². The molecule has 0 aliphatic heterocycles. The molecule has 4 heteroatoms. The highest BCUT2D eigenvalue weighted by Crippen LogP contribution is 2.32. The van der Waals surface area contributed by atoms with Crippen molar-refractivity contribution >= 4 is 5.97 Å². The lowest BCUT2D eigenvalue weighted by Crippen LogP contribution is -2.08. The Hall–Kier alpha value is -3.01. The molecule has 0 spiro atoms. The Morgan fingerprint density at radius 3 is 2.26 bits per heavy atom. The Kier molecular flexibility index (Phi) is 4.15. The van der Waals surface area contributed by atoms with Crippen molar-refractivity contribution in [2.24, 2.45) is 0 Å². The first kappa shape index (κ1) is 14.9. The van der Waals surface area contributed by atoms with Crippen LogP contribution < -0.4 is 0 Å². The molecular formula is C19H16N2O2. The van der Waals surface area contributed by atoms with Gasteiger partial charge < -0.3 is 4.74 Å². The average Bonchev–Trinajstić information content (AvgIpc) is 2.62. The highest BCUT2D eigenvalue weighted by atomic mass is 16.5. The number of ether oxygens (including phenoxy) is 1. The van der Waals surface area contributed by atoms with E-state index in [1.54, 1.807) is 0 Å². The monoisotopic (exact) mass is 304 g/mol. The molecule has 2 aromatic carbocycles. The summed E-state index contributed by atoms with van der Waals surface area (Å²) >= 11 is 0. The molecule has 0 saturated carbocycles. The molecule has 0 bridgehead atoms. The van der Waals surface area contributed by atoms with Gasteiger partial charge in [0.1, 0.15) is 6.33 Å². The Morgan fingerprint density at radius 1 is 0.913 bits per heavy atom. The largest absolute Gasteiger partial charge is 0.464 e. The molecule has 0 saturated heterocycles. The molecule has 1 aromatic heterocycles. The molecule has 23 heavy (non-hydrogen) atoms. The van der Waals surface area contributed by atoms with E-state index in [1.165, 1.54) is 13.4 Å². The van der Waals surface area contributed by atoms with Crippen molar-refractivity contribution < 1.29 is 9.53 Å². The van der Waals surface area contributed by atoms with E-state index in [9.17, 15) is 4.79 Å². The van der Waals surface area contributed by atoms with E-state index in [2.05, 4.69) is 9.97 Å². The Morgan fingerprint density at radius 2 is 1.61 bits per heavy atom. The van der Waals surface area contributed by atoms with Crippen LogP contribution in [-0.2, 0) is 4.74 Å². The number of hydrogen-bond donors (Lipinski definition) is 0. The van der Waals surface area contributed by atoms with Gasteiger partial charge in [0.05, 0.1) is 12.8 Å². The van der Waals surface area contributed by atoms with Gasteiger partial charge >= 0.3 is 5.97 Å². The Labute approximate surface area is 134 Å². The lowest BCUT2D eigenvalue weighted by Gasteiger charge is -2.12. The van der Waals surface area contributed by atoms with Crippen LogP contribution >= 0.6 is 0 Å². The summed E-state index contributed by atoms with van der Waals surface area (Å²) in [7, 11) is 1.35. The predicted octanol–water partition coefficient (Wildman–Crippen LogP) is 3.91. The Balaban J connectivity index is 2.28. The molecule has 0 atom stereocenters. The molecule has 0 aliphatic rings. The van der Waals surface area contributed by atoms with Crippen molar-refractivity contribution in [1.29, 1.82) is 0 Å². The van der Waals surface area contributed by atoms with Crippen LogP contribution in [0.1, 0.15) is 16.1 Å². The van der Waals surface area contributed by atoms with Gasteiger partial charge in [-0.3, -0.25) is 0 Å². The standard InChI is InChI=1S/C19H16N2O2/c1-13-8-10-14(11-9-13)16-17(15-6-4-3-5-7-15)20-12-21-18(16)19(22)23-2/h3-12H,1-2H3. The summed E-state index contributed by atoms with van der Waals surface area (Å²) in [5.41, 5.74) is 4.62. The van der Waals surface area contributed by atoms with Gasteiger partial charge in [0.2, 0.25) is 0 Å². The van der Waals surface area contributed by atoms with E-state index in [-0.39, 0.29) is 5.69 Å². The molecule has 0 unspecified atom stereocenters. The lowest BCUT2D eigenvalue weighted by molar-refractivity contribution is 0.0595. The summed E-state index contributed by atoms with van der Waals surface area (Å²) in [5.74, 6) is -0.472. The van der Waals surface area contributed by atoms with E-state index >= 15 is 0 Å². The van der Waals surface area contributed by atoms with E-state index in [4.69, 9.17) is 4.74 Å². The number of carbonyl (C=O) groups is 1. The fourth-order valence-electron chi connectivity index (χ4n) is 2.45. The minimum atomic E-state index is -0.472. The SMILES string of the molecule is COC(=O)c1ncnc(-c2ccccc2)c1-c1ccc(C)cc1. The number of nitrogens with zero attached hydrogens (tertiary/aromatic N) is 2. The fraction of sp³-hybridized carbons (Fsp3) is 0.105. The number of esters is 1. The first-order valence-corrected chi connectivity index (χ1v) is 7.26. The van der Waals surface area contributed by atoms with Crippen LogP contribution in [0.4, 0.5) is 0 Å². The highest BCUT2D eigenvalue weighted by molar-refractivity contribution is 5.99. The second-order valence-electron chi connectivity index (χ2n) is 5.17. The third-order valence-electron chi connectivity index (χ3n) is 3.61. The molecule has 3 aromatic rings. The smallest absolute Gasteiger partial charge is 0.357 e. The quantitative estimate of drug-likeness (QED) is 0.688. The number of hydrogen-bond acceptors (Lipinski definition) is 4. The first-order valence-electron chi connectivity index (χ1n) is 7.26. The summed E-state index contributed by atoms with van der Waals surface area (Å²) in [6.07, 6.45) is 1.40. The van der Waals surface area contributed by atoms with Gasteiger partial charge in [-0.15, -0.1) is 0 Å².